The van der Waals surface area contributed by atoms with E-state index in [4.69, 9.17) is 6.42 Å². The van der Waals surface area contributed by atoms with Crippen LogP contribution in [0.3, 0.4) is 0 Å². The van der Waals surface area contributed by atoms with E-state index < -0.39 is 0 Å². The van der Waals surface area contributed by atoms with Gasteiger partial charge in [0.05, 0.1) is 0 Å². The van der Waals surface area contributed by atoms with Gasteiger partial charge in [-0.3, -0.25) is 4.90 Å². The van der Waals surface area contributed by atoms with Crippen molar-refractivity contribution >= 4 is 0 Å². The highest BCUT2D eigenvalue weighted by Gasteiger charge is 2.23. The molecule has 0 aromatic rings. The van der Waals surface area contributed by atoms with Crippen LogP contribution >= 0.6 is 0 Å². The maximum absolute atomic E-state index is 5.29. The summed E-state index contributed by atoms with van der Waals surface area (Å²) >= 11 is 0. The Balaban J connectivity index is 2.35. The first-order valence-corrected chi connectivity index (χ1v) is 5.68. The Hall–Kier alpha value is -0.520. The lowest BCUT2D eigenvalue weighted by Gasteiger charge is -2.38. The maximum Gasteiger partial charge on any atom is 0.0214 e. The van der Waals surface area contributed by atoms with E-state index in [0.717, 1.165) is 26.1 Å². The van der Waals surface area contributed by atoms with Crippen LogP contribution in [0, 0.1) is 12.3 Å². The Labute approximate surface area is 88.1 Å². The van der Waals surface area contributed by atoms with Gasteiger partial charge in [-0.1, -0.05) is 13.3 Å². The monoisotopic (exact) mass is 194 g/mol. The minimum atomic E-state index is 0.636. The van der Waals surface area contributed by atoms with Crippen LogP contribution in [-0.2, 0) is 0 Å². The van der Waals surface area contributed by atoms with Crippen molar-refractivity contribution in [2.24, 2.45) is 0 Å². The molecule has 14 heavy (non-hydrogen) atoms. The smallest absolute Gasteiger partial charge is 0.0214 e. The predicted octanol–water partition coefficient (Wildman–Crippen LogP) is 1.47. The molecule has 0 spiro atoms. The predicted molar refractivity (Wildman–Crippen MR) is 61.2 cm³/mol. The van der Waals surface area contributed by atoms with E-state index in [0.29, 0.717) is 12.1 Å². The first kappa shape index (κ1) is 11.6. The highest BCUT2D eigenvalue weighted by molar-refractivity contribution is 4.89. The average Bonchev–Trinajstić information content (AvgIpc) is 2.19. The molecule has 0 aliphatic carbocycles. The average molecular weight is 194 g/mol. The first-order valence-electron chi connectivity index (χ1n) is 5.68. The van der Waals surface area contributed by atoms with E-state index in [1.165, 1.54) is 12.8 Å². The lowest BCUT2D eigenvalue weighted by molar-refractivity contribution is 0.140. The second-order valence-electron chi connectivity index (χ2n) is 4.19. The van der Waals surface area contributed by atoms with Crippen LogP contribution in [0.2, 0.25) is 0 Å². The van der Waals surface area contributed by atoms with Gasteiger partial charge in [0, 0.05) is 38.1 Å². The molecule has 80 valence electrons. The van der Waals surface area contributed by atoms with Crippen LogP contribution in [0.4, 0.5) is 0 Å². The van der Waals surface area contributed by atoms with Crippen molar-refractivity contribution in [3.63, 3.8) is 0 Å². The highest BCUT2D eigenvalue weighted by Crippen LogP contribution is 2.10. The summed E-state index contributed by atoms with van der Waals surface area (Å²) in [6.07, 6.45) is 8.71. The van der Waals surface area contributed by atoms with Crippen molar-refractivity contribution in [3.05, 3.63) is 0 Å². The number of hydrogen-bond acceptors (Lipinski definition) is 2. The molecule has 0 radical (unpaired) electrons. The fraction of sp³-hybridized carbons (Fsp3) is 0.833. The number of nitrogens with one attached hydrogen (secondary N) is 1. The van der Waals surface area contributed by atoms with Crippen molar-refractivity contribution in [1.29, 1.82) is 0 Å². The minimum Gasteiger partial charge on any atom is -0.311 e. The van der Waals surface area contributed by atoms with Crippen LogP contribution in [0.5, 0.6) is 0 Å². The van der Waals surface area contributed by atoms with E-state index in [1.807, 2.05) is 0 Å². The third-order valence-electron chi connectivity index (χ3n) is 2.96. The van der Waals surface area contributed by atoms with Crippen LogP contribution in [0.1, 0.15) is 33.1 Å². The number of hydrogen-bond donors (Lipinski definition) is 1. The molecular weight excluding hydrogens is 172 g/mol. The van der Waals surface area contributed by atoms with E-state index in [9.17, 15) is 0 Å². The van der Waals surface area contributed by atoms with Gasteiger partial charge in [-0.25, -0.2) is 0 Å². The van der Waals surface area contributed by atoms with Crippen molar-refractivity contribution in [3.8, 4) is 12.3 Å². The third kappa shape index (κ3) is 3.32. The molecule has 1 heterocycles. The molecule has 0 aromatic carbocycles. The van der Waals surface area contributed by atoms with Crippen LogP contribution in [0.15, 0.2) is 0 Å². The number of piperazine rings is 1. The van der Waals surface area contributed by atoms with Crippen molar-refractivity contribution in [2.75, 3.05) is 19.6 Å². The van der Waals surface area contributed by atoms with Gasteiger partial charge < -0.3 is 5.32 Å². The molecule has 0 amide bonds. The zero-order valence-corrected chi connectivity index (χ0v) is 9.42. The summed E-state index contributed by atoms with van der Waals surface area (Å²) in [5.41, 5.74) is 0. The Kier molecular flexibility index (Phi) is 5.00. The van der Waals surface area contributed by atoms with E-state index >= 15 is 0 Å². The quantitative estimate of drug-likeness (QED) is 0.682. The van der Waals surface area contributed by atoms with Crippen LogP contribution in [-0.4, -0.2) is 36.6 Å². The molecule has 2 atom stereocenters. The second-order valence-corrected chi connectivity index (χ2v) is 4.19. The molecule has 2 heteroatoms. The minimum absolute atomic E-state index is 0.636. The first-order chi connectivity index (χ1) is 6.77. The molecular formula is C12H22N2. The van der Waals surface area contributed by atoms with Crippen LogP contribution in [0.25, 0.3) is 0 Å². The number of rotatable bonds is 4. The summed E-state index contributed by atoms with van der Waals surface area (Å²) in [5.74, 6) is 2.72. The normalized spacial score (nSPS) is 28.6. The van der Waals surface area contributed by atoms with Crippen molar-refractivity contribution in [1.82, 2.24) is 10.2 Å². The number of nitrogens with zero attached hydrogens (tertiary/aromatic N) is 1. The Morgan fingerprint density at radius 3 is 3.00 bits per heavy atom. The zero-order valence-electron chi connectivity index (χ0n) is 9.42. The van der Waals surface area contributed by atoms with E-state index in [-0.39, 0.29) is 0 Å². The second kappa shape index (κ2) is 6.06. The topological polar surface area (TPSA) is 15.3 Å². The summed E-state index contributed by atoms with van der Waals surface area (Å²) in [5, 5.41) is 3.58. The van der Waals surface area contributed by atoms with Crippen molar-refractivity contribution < 1.29 is 0 Å². The molecule has 1 aliphatic rings. The lowest BCUT2D eigenvalue weighted by atomic mass is 10.1. The summed E-state index contributed by atoms with van der Waals surface area (Å²) in [6, 6.07) is 1.31. The largest absolute Gasteiger partial charge is 0.311 e. The van der Waals surface area contributed by atoms with Gasteiger partial charge in [0.15, 0.2) is 0 Å². The third-order valence-corrected chi connectivity index (χ3v) is 2.96. The molecule has 1 fully saturated rings. The fourth-order valence-electron chi connectivity index (χ4n) is 2.06. The molecule has 0 aromatic heterocycles. The van der Waals surface area contributed by atoms with Gasteiger partial charge in [0.1, 0.15) is 0 Å². The zero-order chi connectivity index (χ0) is 10.4. The Morgan fingerprint density at radius 2 is 2.36 bits per heavy atom. The lowest BCUT2D eigenvalue weighted by Crippen LogP contribution is -2.55. The van der Waals surface area contributed by atoms with Gasteiger partial charge in [0.25, 0.3) is 0 Å². The Bertz CT molecular complexity index is 195. The highest BCUT2D eigenvalue weighted by atomic mass is 15.2. The summed E-state index contributed by atoms with van der Waals surface area (Å²) in [6.45, 7) is 7.84. The van der Waals surface area contributed by atoms with E-state index in [1.54, 1.807) is 0 Å². The summed E-state index contributed by atoms with van der Waals surface area (Å²) < 4.78 is 0. The van der Waals surface area contributed by atoms with Crippen LogP contribution < -0.4 is 5.32 Å². The summed E-state index contributed by atoms with van der Waals surface area (Å²) in [7, 11) is 0. The molecule has 0 bridgehead atoms. The van der Waals surface area contributed by atoms with Gasteiger partial charge >= 0.3 is 0 Å². The van der Waals surface area contributed by atoms with Gasteiger partial charge in [-0.05, 0) is 13.3 Å². The SMILES string of the molecule is C#CCCN1CC(CCC)NCC1C. The molecule has 1 N–H and O–H groups in total. The molecule has 1 aliphatic heterocycles. The number of terminal acetylenes is 1. The fourth-order valence-corrected chi connectivity index (χ4v) is 2.06. The van der Waals surface area contributed by atoms with Gasteiger partial charge in [-0.2, -0.15) is 0 Å². The van der Waals surface area contributed by atoms with Gasteiger partial charge in [-0.15, -0.1) is 12.3 Å². The molecule has 2 nitrogen and oxygen atoms in total. The molecule has 0 saturated carbocycles. The molecule has 2 unspecified atom stereocenters. The summed E-state index contributed by atoms with van der Waals surface area (Å²) in [4.78, 5) is 2.51. The molecule has 1 saturated heterocycles. The standard InChI is InChI=1S/C12H22N2/c1-4-6-8-14-10-12(7-5-2)13-9-11(14)3/h1,11-13H,5-10H2,2-3H3. The molecule has 1 rings (SSSR count). The Morgan fingerprint density at radius 1 is 1.57 bits per heavy atom. The maximum atomic E-state index is 5.29. The van der Waals surface area contributed by atoms with Crippen molar-refractivity contribution in [2.45, 2.75) is 45.2 Å². The van der Waals surface area contributed by atoms with E-state index in [2.05, 4.69) is 30.0 Å². The van der Waals surface area contributed by atoms with Gasteiger partial charge in [0.2, 0.25) is 0 Å².